The van der Waals surface area contributed by atoms with Gasteiger partial charge in [0, 0.05) is 24.3 Å². The summed E-state index contributed by atoms with van der Waals surface area (Å²) in [5.74, 6) is 2.52. The van der Waals surface area contributed by atoms with Crippen LogP contribution in [-0.4, -0.2) is 38.4 Å². The molecule has 0 N–H and O–H groups in total. The minimum absolute atomic E-state index is 0.0339. The van der Waals surface area contributed by atoms with E-state index >= 15 is 0 Å². The van der Waals surface area contributed by atoms with E-state index in [0.717, 1.165) is 35.5 Å². The summed E-state index contributed by atoms with van der Waals surface area (Å²) in [7, 11) is 3.25. The van der Waals surface area contributed by atoms with E-state index in [4.69, 9.17) is 30.5 Å². The maximum absolute atomic E-state index is 12.9. The molecule has 2 aromatic carbocycles. The smallest absolute Gasteiger partial charge is 0.247 e. The van der Waals surface area contributed by atoms with Gasteiger partial charge in [0.15, 0.2) is 11.5 Å². The van der Waals surface area contributed by atoms with E-state index in [1.165, 1.54) is 0 Å². The van der Waals surface area contributed by atoms with E-state index < -0.39 is 0 Å². The Bertz CT molecular complexity index is 958. The van der Waals surface area contributed by atoms with Gasteiger partial charge in [0.25, 0.3) is 0 Å². The summed E-state index contributed by atoms with van der Waals surface area (Å²) in [6, 6.07) is 9.24. The minimum Gasteiger partial charge on any atom is -0.497 e. The molecule has 0 aliphatic carbocycles. The summed E-state index contributed by atoms with van der Waals surface area (Å²) in [4.78, 5) is 14.8. The van der Waals surface area contributed by atoms with E-state index in [1.807, 2.05) is 29.2 Å². The Morgan fingerprint density at radius 2 is 2.07 bits per heavy atom. The highest BCUT2D eigenvalue weighted by molar-refractivity contribution is 6.32. The van der Waals surface area contributed by atoms with E-state index in [0.29, 0.717) is 23.1 Å². The lowest BCUT2D eigenvalue weighted by Gasteiger charge is -2.25. The quantitative estimate of drug-likeness (QED) is 0.675. The average molecular weight is 416 g/mol. The van der Waals surface area contributed by atoms with Crippen LogP contribution >= 0.6 is 11.6 Å². The van der Waals surface area contributed by atoms with E-state index in [9.17, 15) is 4.79 Å². The number of hydrogen-bond acceptors (Lipinski definition) is 5. The molecular weight excluding hydrogens is 394 g/mol. The zero-order valence-electron chi connectivity index (χ0n) is 16.3. The highest BCUT2D eigenvalue weighted by Crippen LogP contribution is 2.41. The summed E-state index contributed by atoms with van der Waals surface area (Å²) in [6.07, 6.45) is 5.15. The van der Waals surface area contributed by atoms with Gasteiger partial charge >= 0.3 is 0 Å². The second-order valence-corrected chi connectivity index (χ2v) is 7.27. The predicted octanol–water partition coefficient (Wildman–Crippen LogP) is 4.46. The molecule has 1 saturated heterocycles. The van der Waals surface area contributed by atoms with Crippen LogP contribution in [0.3, 0.4) is 0 Å². The number of ether oxygens (including phenoxy) is 4. The second-order valence-electron chi connectivity index (χ2n) is 6.87. The first-order chi connectivity index (χ1) is 14.1. The number of carbonyl (C=O) groups excluding carboxylic acids is 1. The number of amides is 1. The number of fused-ring (bicyclic) bond motifs is 1. The number of halogens is 1. The van der Waals surface area contributed by atoms with Crippen LogP contribution in [0.2, 0.25) is 5.02 Å². The van der Waals surface area contributed by atoms with E-state index in [2.05, 4.69) is 0 Å². The van der Waals surface area contributed by atoms with Crippen molar-refractivity contribution in [3.63, 3.8) is 0 Å². The van der Waals surface area contributed by atoms with Gasteiger partial charge in [-0.15, -0.1) is 0 Å². The molecule has 1 amide bonds. The van der Waals surface area contributed by atoms with Gasteiger partial charge < -0.3 is 23.8 Å². The molecule has 1 fully saturated rings. The number of nitrogens with zero attached hydrogens (tertiary/aromatic N) is 1. The molecule has 0 spiro atoms. The van der Waals surface area contributed by atoms with Crippen LogP contribution in [0.15, 0.2) is 36.4 Å². The first-order valence-corrected chi connectivity index (χ1v) is 9.78. The van der Waals surface area contributed by atoms with Crippen LogP contribution in [0.1, 0.15) is 30.0 Å². The van der Waals surface area contributed by atoms with Crippen LogP contribution in [0, 0.1) is 0 Å². The van der Waals surface area contributed by atoms with Crippen LogP contribution in [0.4, 0.5) is 0 Å². The van der Waals surface area contributed by atoms with Crippen LogP contribution in [-0.2, 0) is 4.79 Å². The molecule has 0 radical (unpaired) electrons. The molecule has 0 aromatic heterocycles. The van der Waals surface area contributed by atoms with Gasteiger partial charge in [-0.3, -0.25) is 4.79 Å². The normalized spacial score (nSPS) is 17.8. The van der Waals surface area contributed by atoms with Crippen molar-refractivity contribution in [3.05, 3.63) is 52.6 Å². The van der Waals surface area contributed by atoms with Gasteiger partial charge in [0.1, 0.15) is 11.5 Å². The number of benzene rings is 2. The van der Waals surface area contributed by atoms with Crippen LogP contribution in [0.5, 0.6) is 23.0 Å². The molecule has 0 bridgehead atoms. The number of hydrogen-bond donors (Lipinski definition) is 0. The number of methoxy groups -OCH3 is 2. The third-order valence-electron chi connectivity index (χ3n) is 5.20. The second kappa shape index (κ2) is 8.25. The highest BCUT2D eigenvalue weighted by atomic mass is 35.5. The first kappa shape index (κ1) is 19.5. The van der Waals surface area contributed by atoms with Gasteiger partial charge in [-0.25, -0.2) is 0 Å². The Morgan fingerprint density at radius 3 is 2.86 bits per heavy atom. The van der Waals surface area contributed by atoms with Gasteiger partial charge in [-0.2, -0.15) is 0 Å². The molecular formula is C22H22ClNO5. The Hall–Kier alpha value is -2.86. The van der Waals surface area contributed by atoms with Gasteiger partial charge in [0.05, 0.1) is 25.3 Å². The third kappa shape index (κ3) is 3.85. The summed E-state index contributed by atoms with van der Waals surface area (Å²) in [5, 5.41) is 0.467. The molecule has 2 aliphatic heterocycles. The Kier molecular flexibility index (Phi) is 5.53. The van der Waals surface area contributed by atoms with Gasteiger partial charge in [-0.05, 0) is 48.7 Å². The van der Waals surface area contributed by atoms with Crippen molar-refractivity contribution in [1.82, 2.24) is 4.90 Å². The molecule has 4 rings (SSSR count). The van der Waals surface area contributed by atoms with Crippen LogP contribution < -0.4 is 18.9 Å². The number of rotatable bonds is 5. The molecule has 1 atom stereocenters. The molecule has 2 aliphatic rings. The number of likely N-dealkylation sites (tertiary alicyclic amines) is 1. The van der Waals surface area contributed by atoms with Crippen molar-refractivity contribution >= 4 is 23.6 Å². The third-order valence-corrected chi connectivity index (χ3v) is 5.48. The monoisotopic (exact) mass is 415 g/mol. The summed E-state index contributed by atoms with van der Waals surface area (Å²) in [5.41, 5.74) is 1.77. The molecule has 0 saturated carbocycles. The fourth-order valence-corrected chi connectivity index (χ4v) is 4.07. The molecule has 152 valence electrons. The fourth-order valence-electron chi connectivity index (χ4n) is 3.79. The van der Waals surface area contributed by atoms with Crippen molar-refractivity contribution in [1.29, 1.82) is 0 Å². The van der Waals surface area contributed by atoms with Crippen molar-refractivity contribution in [2.24, 2.45) is 0 Å². The van der Waals surface area contributed by atoms with Crippen molar-refractivity contribution in [2.75, 3.05) is 27.6 Å². The Labute approximate surface area is 174 Å². The lowest BCUT2D eigenvalue weighted by molar-refractivity contribution is -0.126. The Balaban J connectivity index is 1.54. The van der Waals surface area contributed by atoms with Crippen molar-refractivity contribution in [3.8, 4) is 23.0 Å². The van der Waals surface area contributed by atoms with E-state index in [1.54, 1.807) is 32.4 Å². The van der Waals surface area contributed by atoms with E-state index in [-0.39, 0.29) is 18.7 Å². The SMILES string of the molecule is COc1ccc([C@H]2CCCN2C(=O)/C=C/c2cc(Cl)c3c(c2)OCO3)c(OC)c1. The Morgan fingerprint density at radius 1 is 1.21 bits per heavy atom. The maximum Gasteiger partial charge on any atom is 0.247 e. The molecule has 29 heavy (non-hydrogen) atoms. The van der Waals surface area contributed by atoms with Gasteiger partial charge in [-0.1, -0.05) is 11.6 Å². The molecule has 7 heteroatoms. The highest BCUT2D eigenvalue weighted by Gasteiger charge is 2.31. The molecule has 2 aromatic rings. The zero-order valence-corrected chi connectivity index (χ0v) is 17.1. The summed E-state index contributed by atoms with van der Waals surface area (Å²) >= 11 is 6.22. The van der Waals surface area contributed by atoms with Crippen molar-refractivity contribution < 1.29 is 23.7 Å². The molecule has 2 heterocycles. The zero-order chi connectivity index (χ0) is 20.4. The number of carbonyl (C=O) groups is 1. The summed E-state index contributed by atoms with van der Waals surface area (Å²) < 4.78 is 21.5. The first-order valence-electron chi connectivity index (χ1n) is 9.40. The topological polar surface area (TPSA) is 57.2 Å². The maximum atomic E-state index is 12.9. The summed E-state index contributed by atoms with van der Waals surface area (Å²) in [6.45, 7) is 0.852. The minimum atomic E-state index is -0.0563. The fraction of sp³-hybridized carbons (Fsp3) is 0.318. The predicted molar refractivity (Wildman–Crippen MR) is 110 cm³/mol. The largest absolute Gasteiger partial charge is 0.497 e. The molecule has 6 nitrogen and oxygen atoms in total. The van der Waals surface area contributed by atoms with Gasteiger partial charge in [0.2, 0.25) is 12.7 Å². The average Bonchev–Trinajstić information content (AvgIpc) is 3.41. The van der Waals surface area contributed by atoms with Crippen molar-refractivity contribution in [2.45, 2.75) is 18.9 Å². The molecule has 0 unspecified atom stereocenters. The lowest BCUT2D eigenvalue weighted by atomic mass is 10.0. The van der Waals surface area contributed by atoms with Crippen LogP contribution in [0.25, 0.3) is 6.08 Å². The lowest BCUT2D eigenvalue weighted by Crippen LogP contribution is -2.29. The standard InChI is InChI=1S/C22H22ClNO5/c1-26-15-6-7-16(19(12-15)27-2)18-4-3-9-24(18)21(25)8-5-14-10-17(23)22-20(11-14)28-13-29-22/h5-8,10-12,18H,3-4,9,13H2,1-2H3/b8-5+/t18-/m1/s1.